The molecule has 0 spiro atoms. The van der Waals surface area contributed by atoms with Gasteiger partial charge in [0, 0.05) is 17.0 Å². The lowest BCUT2D eigenvalue weighted by Gasteiger charge is -2.14. The van der Waals surface area contributed by atoms with Crippen LogP contribution in [-0.4, -0.2) is 25.4 Å². The minimum atomic E-state index is -0.0657. The number of carbonyl (C=O) groups excluding carboxylic acids is 1. The topological polar surface area (TPSA) is 47.6 Å². The highest BCUT2D eigenvalue weighted by atomic mass is 32.2. The zero-order chi connectivity index (χ0) is 16.2. The average molecular weight is 329 g/mol. The Labute approximate surface area is 140 Å². The third-order valence-electron chi connectivity index (χ3n) is 3.88. The normalized spacial score (nSPS) is 15.8. The van der Waals surface area contributed by atoms with Gasteiger partial charge in [0.2, 0.25) is 5.91 Å². The second-order valence-corrected chi connectivity index (χ2v) is 6.53. The van der Waals surface area contributed by atoms with Crippen LogP contribution in [0.5, 0.6) is 11.5 Å². The van der Waals surface area contributed by atoms with Crippen LogP contribution in [0.1, 0.15) is 11.1 Å². The number of amides is 1. The highest BCUT2D eigenvalue weighted by Gasteiger charge is 2.27. The summed E-state index contributed by atoms with van der Waals surface area (Å²) >= 11 is 1.63. The van der Waals surface area contributed by atoms with E-state index in [1.807, 2.05) is 30.3 Å². The maximum Gasteiger partial charge on any atom is 0.234 e. The Hall–Kier alpha value is -2.14. The summed E-state index contributed by atoms with van der Waals surface area (Å²) in [4.78, 5) is 13.6. The lowest BCUT2D eigenvalue weighted by atomic mass is 10.1. The molecule has 120 valence electrons. The summed E-state index contributed by atoms with van der Waals surface area (Å²) < 4.78 is 10.7. The molecule has 1 aliphatic heterocycles. The van der Waals surface area contributed by atoms with Crippen molar-refractivity contribution < 1.29 is 14.3 Å². The Balaban J connectivity index is 1.65. The van der Waals surface area contributed by atoms with E-state index >= 15 is 0 Å². The molecule has 4 nitrogen and oxygen atoms in total. The van der Waals surface area contributed by atoms with Crippen molar-refractivity contribution >= 4 is 17.7 Å². The molecule has 0 bridgehead atoms. The number of ether oxygens (including phenoxy) is 2. The van der Waals surface area contributed by atoms with E-state index in [0.717, 1.165) is 12.0 Å². The summed E-state index contributed by atoms with van der Waals surface area (Å²) in [6, 6.07) is 13.8. The van der Waals surface area contributed by atoms with E-state index in [2.05, 4.69) is 17.4 Å². The van der Waals surface area contributed by atoms with Crippen LogP contribution in [0.2, 0.25) is 0 Å². The number of nitrogens with one attached hydrogen (secondary N) is 1. The smallest absolute Gasteiger partial charge is 0.234 e. The van der Waals surface area contributed by atoms with Gasteiger partial charge in [0.05, 0.1) is 19.5 Å². The van der Waals surface area contributed by atoms with Gasteiger partial charge in [0.1, 0.15) is 0 Å². The third-order valence-corrected chi connectivity index (χ3v) is 5.19. The molecular formula is C18H19NO3S. The molecule has 1 amide bonds. The Kier molecular flexibility index (Phi) is 4.76. The lowest BCUT2D eigenvalue weighted by Crippen LogP contribution is -2.32. The molecule has 0 aliphatic carbocycles. The number of benzene rings is 2. The molecule has 0 saturated heterocycles. The van der Waals surface area contributed by atoms with Crippen LogP contribution in [0.15, 0.2) is 47.4 Å². The molecular weight excluding hydrogens is 310 g/mol. The highest BCUT2D eigenvalue weighted by Crippen LogP contribution is 2.37. The lowest BCUT2D eigenvalue weighted by molar-refractivity contribution is -0.120. The molecule has 0 fully saturated rings. The minimum Gasteiger partial charge on any atom is -0.493 e. The molecule has 0 radical (unpaired) electrons. The number of rotatable bonds is 5. The van der Waals surface area contributed by atoms with Crippen molar-refractivity contribution in [2.75, 3.05) is 14.2 Å². The van der Waals surface area contributed by atoms with Crippen molar-refractivity contribution in [1.29, 1.82) is 0 Å². The standard InChI is InChI=1S/C18H19NO3S/c1-21-14-8-5-7-13(17(14)22-2)11-19-18(20)16-10-12-6-3-4-9-15(12)23-16/h3-9,16H,10-11H2,1-2H3,(H,19,20). The molecule has 1 atom stereocenters. The van der Waals surface area contributed by atoms with E-state index in [9.17, 15) is 4.79 Å². The molecule has 1 heterocycles. The zero-order valence-corrected chi connectivity index (χ0v) is 14.0. The number of hydrogen-bond donors (Lipinski definition) is 1. The van der Waals surface area contributed by atoms with Crippen LogP contribution < -0.4 is 14.8 Å². The van der Waals surface area contributed by atoms with Crippen LogP contribution in [0.25, 0.3) is 0 Å². The SMILES string of the molecule is COc1cccc(CNC(=O)C2Cc3ccccc3S2)c1OC. The van der Waals surface area contributed by atoms with Crippen LogP contribution in [0, 0.1) is 0 Å². The number of para-hydroxylation sites is 1. The molecule has 5 heteroatoms. The van der Waals surface area contributed by atoms with Crippen molar-refractivity contribution in [3.8, 4) is 11.5 Å². The fourth-order valence-electron chi connectivity index (χ4n) is 2.72. The maximum atomic E-state index is 12.4. The Morgan fingerprint density at radius 2 is 2.00 bits per heavy atom. The van der Waals surface area contributed by atoms with E-state index in [1.54, 1.807) is 26.0 Å². The van der Waals surface area contributed by atoms with E-state index in [0.29, 0.717) is 18.0 Å². The first-order valence-electron chi connectivity index (χ1n) is 7.45. The van der Waals surface area contributed by atoms with Crippen molar-refractivity contribution in [2.45, 2.75) is 23.1 Å². The van der Waals surface area contributed by atoms with E-state index in [1.165, 1.54) is 10.5 Å². The van der Waals surface area contributed by atoms with Gasteiger partial charge in [-0.2, -0.15) is 0 Å². The first kappa shape index (κ1) is 15.7. The predicted octanol–water partition coefficient (Wildman–Crippen LogP) is 3.04. The molecule has 3 rings (SSSR count). The molecule has 2 aromatic rings. The quantitative estimate of drug-likeness (QED) is 0.916. The Morgan fingerprint density at radius 3 is 2.74 bits per heavy atom. The van der Waals surface area contributed by atoms with Gasteiger partial charge in [-0.1, -0.05) is 30.3 Å². The number of fused-ring (bicyclic) bond motifs is 1. The zero-order valence-electron chi connectivity index (χ0n) is 13.2. The molecule has 2 aromatic carbocycles. The van der Waals surface area contributed by atoms with Crippen LogP contribution in [0.4, 0.5) is 0 Å². The predicted molar refractivity (Wildman–Crippen MR) is 91.2 cm³/mol. The van der Waals surface area contributed by atoms with Gasteiger partial charge in [-0.25, -0.2) is 0 Å². The van der Waals surface area contributed by atoms with E-state index in [-0.39, 0.29) is 11.2 Å². The van der Waals surface area contributed by atoms with Gasteiger partial charge in [-0.3, -0.25) is 4.79 Å². The largest absolute Gasteiger partial charge is 0.493 e. The van der Waals surface area contributed by atoms with Crippen molar-refractivity contribution in [1.82, 2.24) is 5.32 Å². The summed E-state index contributed by atoms with van der Waals surface area (Å²) in [5.41, 5.74) is 2.15. The minimum absolute atomic E-state index is 0.0519. The van der Waals surface area contributed by atoms with Crippen molar-refractivity contribution in [3.05, 3.63) is 53.6 Å². The monoisotopic (exact) mass is 329 g/mol. The van der Waals surface area contributed by atoms with Crippen LogP contribution >= 0.6 is 11.8 Å². The highest BCUT2D eigenvalue weighted by molar-refractivity contribution is 8.01. The van der Waals surface area contributed by atoms with Gasteiger partial charge in [0.15, 0.2) is 11.5 Å². The number of hydrogen-bond acceptors (Lipinski definition) is 4. The van der Waals surface area contributed by atoms with E-state index in [4.69, 9.17) is 9.47 Å². The molecule has 1 N–H and O–H groups in total. The fourth-order valence-corrected chi connectivity index (χ4v) is 3.94. The first-order chi connectivity index (χ1) is 11.2. The van der Waals surface area contributed by atoms with Gasteiger partial charge in [-0.15, -0.1) is 11.8 Å². The maximum absolute atomic E-state index is 12.4. The third kappa shape index (κ3) is 3.29. The van der Waals surface area contributed by atoms with Gasteiger partial charge >= 0.3 is 0 Å². The van der Waals surface area contributed by atoms with Gasteiger partial charge in [-0.05, 0) is 24.1 Å². The summed E-state index contributed by atoms with van der Waals surface area (Å²) in [6.45, 7) is 0.423. The fraction of sp³-hybridized carbons (Fsp3) is 0.278. The Bertz CT molecular complexity index is 692. The van der Waals surface area contributed by atoms with Crippen molar-refractivity contribution in [2.24, 2.45) is 0 Å². The van der Waals surface area contributed by atoms with Crippen molar-refractivity contribution in [3.63, 3.8) is 0 Å². The summed E-state index contributed by atoms with van der Waals surface area (Å²) in [5.74, 6) is 1.38. The van der Waals surface area contributed by atoms with Gasteiger partial charge < -0.3 is 14.8 Å². The number of carbonyl (C=O) groups is 1. The molecule has 0 aromatic heterocycles. The van der Waals surface area contributed by atoms with Gasteiger partial charge in [0.25, 0.3) is 0 Å². The summed E-state index contributed by atoms with van der Waals surface area (Å²) in [7, 11) is 3.21. The molecule has 1 aliphatic rings. The second-order valence-electron chi connectivity index (χ2n) is 5.29. The summed E-state index contributed by atoms with van der Waals surface area (Å²) in [5, 5.41) is 2.94. The van der Waals surface area contributed by atoms with E-state index < -0.39 is 0 Å². The Morgan fingerprint density at radius 1 is 1.17 bits per heavy atom. The number of methoxy groups -OCH3 is 2. The van der Waals surface area contributed by atoms with Crippen LogP contribution in [-0.2, 0) is 17.8 Å². The molecule has 0 saturated carbocycles. The number of thioether (sulfide) groups is 1. The van der Waals surface area contributed by atoms with Crippen LogP contribution in [0.3, 0.4) is 0 Å². The molecule has 1 unspecified atom stereocenters. The summed E-state index contributed by atoms with van der Waals surface area (Å²) in [6.07, 6.45) is 0.780. The first-order valence-corrected chi connectivity index (χ1v) is 8.33. The average Bonchev–Trinajstić information content (AvgIpc) is 3.03. The second kappa shape index (κ2) is 6.96. The molecule has 23 heavy (non-hydrogen) atoms.